The smallest absolute Gasteiger partial charge is 0.507 e. The number of nitrogens with zero attached hydrogens (tertiary/aromatic N) is 3. The summed E-state index contributed by atoms with van der Waals surface area (Å²) in [7, 11) is -2.98. The molecule has 0 fully saturated rings. The Morgan fingerprint density at radius 1 is 0.462 bits per heavy atom. The van der Waals surface area contributed by atoms with E-state index in [1.54, 1.807) is 60.7 Å². The number of ketones is 1. The highest BCUT2D eigenvalue weighted by Crippen LogP contribution is 2.50. The summed E-state index contributed by atoms with van der Waals surface area (Å²) in [5.74, 6) is 1.23. The molecule has 15 heteroatoms. The molecule has 5 aromatic carbocycles. The van der Waals surface area contributed by atoms with Gasteiger partial charge in [-0.05, 0) is 150 Å². The maximum atomic E-state index is 14.4. The Morgan fingerprint density at radius 2 is 0.744 bits per heavy atom. The Hall–Kier alpha value is -6.63. The molecule has 0 aliphatic rings. The van der Waals surface area contributed by atoms with E-state index >= 15 is 0 Å². The topological polar surface area (TPSA) is 189 Å². The molecule has 1 unspecified atom stereocenters. The zero-order chi connectivity index (χ0) is 58.6. The minimum absolute atomic E-state index is 0.00979. The van der Waals surface area contributed by atoms with Gasteiger partial charge >= 0.3 is 25.9 Å². The third kappa shape index (κ3) is 16.5. The van der Waals surface area contributed by atoms with Crippen LogP contribution in [0.3, 0.4) is 0 Å². The van der Waals surface area contributed by atoms with E-state index in [0.29, 0.717) is 5.75 Å². The van der Waals surface area contributed by atoms with E-state index in [1.165, 1.54) is 14.0 Å². The monoisotopic (exact) mass is 1090 g/mol. The molecule has 0 amide bonds. The molecular formula is C63H84N3O11P. The highest BCUT2D eigenvalue weighted by molar-refractivity contribution is 7.49. The Labute approximate surface area is 463 Å². The molecule has 0 saturated carbocycles. The maximum absolute atomic E-state index is 14.4. The van der Waals surface area contributed by atoms with Crippen LogP contribution in [0.15, 0.2) is 97.1 Å². The molecule has 78 heavy (non-hydrogen) atoms. The van der Waals surface area contributed by atoms with Crippen LogP contribution in [-0.4, -0.2) is 43.2 Å². The number of carbonyl (C=O) groups excluding carboxylic acids is 1. The summed E-state index contributed by atoms with van der Waals surface area (Å²) in [6, 6.07) is 27.5. The van der Waals surface area contributed by atoms with Gasteiger partial charge in [-0.1, -0.05) is 161 Å². The molecule has 0 saturated heterocycles. The zero-order valence-electron chi connectivity index (χ0n) is 49.6. The summed E-state index contributed by atoms with van der Waals surface area (Å²) in [6.07, 6.45) is -0.590. The van der Waals surface area contributed by atoms with Crippen LogP contribution < -0.4 is 23.0 Å². The number of hydrogen-bond acceptors (Lipinski definition) is 14. The van der Waals surface area contributed by atoms with Crippen molar-refractivity contribution in [1.29, 1.82) is 0 Å². The molecule has 3 N–H and O–H groups in total. The predicted molar refractivity (Wildman–Crippen MR) is 308 cm³/mol. The molecule has 1 atom stereocenters. The van der Waals surface area contributed by atoms with Crippen molar-refractivity contribution in [3.05, 3.63) is 147 Å². The standard InChI is InChI=1S/C45H56N3O8P.C18H28O3/c1-42(2,3)33-23-29(24-34(37(33)49)43(4,5)6)27-52-39-46-40(53-28-30-25-35(44(7,8)9)38(50)36(26-30)45(10,11)12)48-41(47-39)56-57(51,54-31-19-15-13-16-20-31)55-32-21-17-14-18-22-32;1-11(19)16(21-8)12-9-13(17(2,3)4)15(20)14(10-12)18(5,6)7/h13-26,49-50H,27-28H2,1-12H3;9-10,16,20H,1-8H3. The Morgan fingerprint density at radius 3 is 1.01 bits per heavy atom. The molecule has 1 heterocycles. The fourth-order valence-electron chi connectivity index (χ4n) is 8.49. The second-order valence-electron chi connectivity index (χ2n) is 25.9. The van der Waals surface area contributed by atoms with Crippen molar-refractivity contribution < 1.29 is 52.5 Å². The highest BCUT2D eigenvalue weighted by Gasteiger charge is 2.36. The number of phenolic OH excluding ortho intramolecular Hbond substituents is 3. The van der Waals surface area contributed by atoms with E-state index in [9.17, 15) is 24.7 Å². The molecule has 0 radical (unpaired) electrons. The third-order valence-corrected chi connectivity index (χ3v) is 13.9. The van der Waals surface area contributed by atoms with Gasteiger partial charge in [0.2, 0.25) is 0 Å². The fourth-order valence-corrected chi connectivity index (χ4v) is 9.65. The van der Waals surface area contributed by atoms with Crippen LogP contribution in [0.2, 0.25) is 0 Å². The van der Waals surface area contributed by atoms with E-state index in [0.717, 1.165) is 50.1 Å². The number of phenols is 3. The van der Waals surface area contributed by atoms with Gasteiger partial charge in [0.15, 0.2) is 5.78 Å². The highest BCUT2D eigenvalue weighted by atomic mass is 31.2. The average molecular weight is 1090 g/mol. The molecule has 14 nitrogen and oxygen atoms in total. The predicted octanol–water partition coefficient (Wildman–Crippen LogP) is 15.5. The van der Waals surface area contributed by atoms with Crippen LogP contribution in [-0.2, 0) is 59.8 Å². The first-order valence-electron chi connectivity index (χ1n) is 26.3. The van der Waals surface area contributed by atoms with Gasteiger partial charge < -0.3 is 43.1 Å². The van der Waals surface area contributed by atoms with Gasteiger partial charge in [-0.3, -0.25) is 4.79 Å². The molecular weight excluding hydrogens is 1010 g/mol. The van der Waals surface area contributed by atoms with E-state index < -0.39 is 19.9 Å². The van der Waals surface area contributed by atoms with Gasteiger partial charge in [-0.2, -0.15) is 4.57 Å². The molecule has 0 aliphatic heterocycles. The summed E-state index contributed by atoms with van der Waals surface area (Å²) < 4.78 is 49.7. The lowest BCUT2D eigenvalue weighted by Gasteiger charge is -2.29. The first-order valence-corrected chi connectivity index (χ1v) is 27.7. The maximum Gasteiger partial charge on any atom is 0.649 e. The number of ether oxygens (including phenoxy) is 3. The summed E-state index contributed by atoms with van der Waals surface area (Å²) >= 11 is 0. The second-order valence-corrected chi connectivity index (χ2v) is 27.3. The number of carbonyl (C=O) groups is 1. The quantitative estimate of drug-likeness (QED) is 0.0824. The molecule has 422 valence electrons. The van der Waals surface area contributed by atoms with Crippen LogP contribution >= 0.6 is 7.82 Å². The molecule has 0 bridgehead atoms. The normalized spacial score (nSPS) is 13.0. The zero-order valence-corrected chi connectivity index (χ0v) is 50.5. The van der Waals surface area contributed by atoms with Crippen molar-refractivity contribution in [3.8, 4) is 46.8 Å². The van der Waals surface area contributed by atoms with Gasteiger partial charge in [0.1, 0.15) is 48.1 Å². The number of rotatable bonds is 15. The molecule has 1 aromatic heterocycles. The molecule has 0 aliphatic carbocycles. The molecule has 0 spiro atoms. The van der Waals surface area contributed by atoms with Crippen molar-refractivity contribution >= 4 is 13.6 Å². The van der Waals surface area contributed by atoms with Gasteiger partial charge in [0.25, 0.3) is 0 Å². The number of phosphoric ester groups is 1. The minimum Gasteiger partial charge on any atom is -0.507 e. The number of aromatic hydroxyl groups is 3. The van der Waals surface area contributed by atoms with Crippen LogP contribution in [0.4, 0.5) is 0 Å². The Kier molecular flexibility index (Phi) is 19.0. The van der Waals surface area contributed by atoms with Gasteiger partial charge in [-0.25, -0.2) is 0 Å². The largest absolute Gasteiger partial charge is 0.649 e. The van der Waals surface area contributed by atoms with E-state index in [1.807, 2.05) is 161 Å². The van der Waals surface area contributed by atoms with Crippen molar-refractivity contribution in [3.63, 3.8) is 0 Å². The van der Waals surface area contributed by atoms with Crippen LogP contribution in [0.1, 0.15) is 188 Å². The van der Waals surface area contributed by atoms with Crippen molar-refractivity contribution in [2.24, 2.45) is 0 Å². The van der Waals surface area contributed by atoms with Crippen molar-refractivity contribution in [2.45, 2.75) is 183 Å². The van der Waals surface area contributed by atoms with Gasteiger partial charge in [0.05, 0.1) is 0 Å². The summed E-state index contributed by atoms with van der Waals surface area (Å²) in [4.78, 5) is 25.0. The minimum atomic E-state index is -4.51. The van der Waals surface area contributed by atoms with Crippen LogP contribution in [0, 0.1) is 0 Å². The molecule has 6 rings (SSSR count). The van der Waals surface area contributed by atoms with Gasteiger partial charge in [-0.15, -0.1) is 15.0 Å². The van der Waals surface area contributed by atoms with E-state index in [2.05, 4.69) is 15.0 Å². The number of aromatic nitrogens is 3. The van der Waals surface area contributed by atoms with Crippen molar-refractivity contribution in [2.75, 3.05) is 7.11 Å². The first kappa shape index (κ1) is 62.2. The van der Waals surface area contributed by atoms with Crippen molar-refractivity contribution in [1.82, 2.24) is 15.0 Å². The number of benzene rings is 5. The fraction of sp³-hybridized carbons (Fsp3) is 0.460. The summed E-state index contributed by atoms with van der Waals surface area (Å²) in [5, 5.41) is 33.2. The lowest BCUT2D eigenvalue weighted by molar-refractivity contribution is -0.126. The van der Waals surface area contributed by atoms with Crippen LogP contribution in [0.5, 0.6) is 46.8 Å². The third-order valence-electron chi connectivity index (χ3n) is 12.7. The summed E-state index contributed by atoms with van der Waals surface area (Å²) in [6.45, 7) is 38.3. The summed E-state index contributed by atoms with van der Waals surface area (Å²) in [5.41, 5.74) is 5.25. The van der Waals surface area contributed by atoms with E-state index in [-0.39, 0.29) is 86.5 Å². The number of para-hydroxylation sites is 2. The lowest BCUT2D eigenvalue weighted by atomic mass is 9.77. The van der Waals surface area contributed by atoms with E-state index in [4.69, 9.17) is 27.8 Å². The number of Topliss-reactive ketones (excluding diaryl/α,β-unsaturated/α-hetero) is 1. The first-order chi connectivity index (χ1) is 35.8. The SMILES string of the molecule is CC(C)(C)c1cc(COc2nc(OCc3cc(C(C)(C)C)c(O)c(C(C)(C)C)c3)nc(OP(=O)(Oc3ccccc3)Oc3ccccc3)n2)cc(C(C)(C)C)c1O.COC(C(C)=O)c1cc(C(C)(C)C)c(O)c(C(C)(C)C)c1. The average Bonchev–Trinajstić information content (AvgIpc) is 3.34. The number of phosphoric acid groups is 1. The Balaban J connectivity index is 0.000000447. The lowest BCUT2D eigenvalue weighted by Crippen LogP contribution is -2.20. The molecule has 6 aromatic rings. The van der Waals surface area contributed by atoms with Crippen LogP contribution in [0.25, 0.3) is 0 Å². The van der Waals surface area contributed by atoms with Gasteiger partial charge in [0, 0.05) is 7.11 Å². The Bertz CT molecular complexity index is 2830. The second kappa shape index (κ2) is 23.8. The number of methoxy groups -OCH3 is 1. The number of hydrogen-bond donors (Lipinski definition) is 3.